The van der Waals surface area contributed by atoms with Gasteiger partial charge in [-0.3, -0.25) is 0 Å². The maximum Gasteiger partial charge on any atom is 0.122 e. The summed E-state index contributed by atoms with van der Waals surface area (Å²) in [6, 6.07) is 6.57. The van der Waals surface area contributed by atoms with Crippen molar-refractivity contribution in [2.45, 2.75) is 19.4 Å². The summed E-state index contributed by atoms with van der Waals surface area (Å²) in [6.45, 7) is 3.63. The van der Waals surface area contributed by atoms with Gasteiger partial charge in [0.2, 0.25) is 0 Å². The summed E-state index contributed by atoms with van der Waals surface area (Å²) in [5, 5.41) is 3.39. The Balaban J connectivity index is 2.03. The zero-order valence-electron chi connectivity index (χ0n) is 9.25. The van der Waals surface area contributed by atoms with Crippen molar-refractivity contribution >= 4 is 5.69 Å². The first-order chi connectivity index (χ1) is 7.29. The number of ether oxygens (including phenoxy) is 2. The molecule has 0 saturated carbocycles. The van der Waals surface area contributed by atoms with Crippen LogP contribution in [0.15, 0.2) is 18.2 Å². The molecule has 0 aromatic heterocycles. The summed E-state index contributed by atoms with van der Waals surface area (Å²) in [5.41, 5.74) is 2.44. The Kier molecular flexibility index (Phi) is 3.11. The molecule has 82 valence electrons. The zero-order valence-corrected chi connectivity index (χ0v) is 9.25. The second-order valence-corrected chi connectivity index (χ2v) is 3.92. The van der Waals surface area contributed by atoms with Gasteiger partial charge in [-0.15, -0.1) is 0 Å². The Labute approximate surface area is 90.4 Å². The lowest BCUT2D eigenvalue weighted by Crippen LogP contribution is -2.20. The molecule has 0 spiro atoms. The van der Waals surface area contributed by atoms with Gasteiger partial charge < -0.3 is 14.8 Å². The number of rotatable bonds is 4. The molecule has 3 heteroatoms. The van der Waals surface area contributed by atoms with Gasteiger partial charge in [0.15, 0.2) is 0 Å². The Bertz CT molecular complexity index is 338. The van der Waals surface area contributed by atoms with Gasteiger partial charge in [0, 0.05) is 25.3 Å². The topological polar surface area (TPSA) is 30.5 Å². The summed E-state index contributed by atoms with van der Waals surface area (Å²) >= 11 is 0. The quantitative estimate of drug-likeness (QED) is 0.819. The monoisotopic (exact) mass is 207 g/mol. The predicted molar refractivity (Wildman–Crippen MR) is 60.6 cm³/mol. The lowest BCUT2D eigenvalue weighted by atomic mass is 10.1. The molecular formula is C12H17NO2. The molecule has 1 aliphatic heterocycles. The third-order valence-electron chi connectivity index (χ3n) is 2.52. The predicted octanol–water partition coefficient (Wildman–Crippen LogP) is 2.07. The summed E-state index contributed by atoms with van der Waals surface area (Å²) in [6.07, 6.45) is 1.02. The smallest absolute Gasteiger partial charge is 0.122 e. The van der Waals surface area contributed by atoms with Crippen molar-refractivity contribution in [3.05, 3.63) is 23.8 Å². The van der Waals surface area contributed by atoms with Gasteiger partial charge in [0.25, 0.3) is 0 Å². The molecule has 15 heavy (non-hydrogen) atoms. The van der Waals surface area contributed by atoms with Gasteiger partial charge in [-0.2, -0.15) is 0 Å². The van der Waals surface area contributed by atoms with Crippen LogP contribution in [0.25, 0.3) is 0 Å². The van der Waals surface area contributed by atoms with Crippen molar-refractivity contribution in [2.75, 3.05) is 25.6 Å². The van der Waals surface area contributed by atoms with Crippen LogP contribution in [0.3, 0.4) is 0 Å². The fourth-order valence-corrected chi connectivity index (χ4v) is 1.85. The highest BCUT2D eigenvalue weighted by Crippen LogP contribution is 2.27. The average molecular weight is 207 g/mol. The molecule has 1 aliphatic rings. The van der Waals surface area contributed by atoms with E-state index in [0.29, 0.717) is 12.6 Å². The highest BCUT2D eigenvalue weighted by molar-refractivity contribution is 5.52. The number of hydrogen-bond acceptors (Lipinski definition) is 3. The molecule has 1 atom stereocenters. The molecule has 1 heterocycles. The van der Waals surface area contributed by atoms with Crippen LogP contribution in [0.4, 0.5) is 5.69 Å². The standard InChI is InChI=1S/C12H17NO2/c1-9(8-14-2)13-11-3-4-12-10(7-11)5-6-15-12/h3-4,7,9,13H,5-6,8H2,1-2H3. The van der Waals surface area contributed by atoms with Gasteiger partial charge in [-0.1, -0.05) is 0 Å². The van der Waals surface area contributed by atoms with Gasteiger partial charge in [0.1, 0.15) is 5.75 Å². The second kappa shape index (κ2) is 4.53. The number of fused-ring (bicyclic) bond motifs is 1. The molecule has 0 bridgehead atoms. The van der Waals surface area contributed by atoms with Crippen molar-refractivity contribution in [3.63, 3.8) is 0 Å². The lowest BCUT2D eigenvalue weighted by molar-refractivity contribution is 0.190. The van der Waals surface area contributed by atoms with Crippen molar-refractivity contribution in [2.24, 2.45) is 0 Å². The Morgan fingerprint density at radius 1 is 1.53 bits per heavy atom. The second-order valence-electron chi connectivity index (χ2n) is 3.92. The fourth-order valence-electron chi connectivity index (χ4n) is 1.85. The summed E-state index contributed by atoms with van der Waals surface area (Å²) in [4.78, 5) is 0. The van der Waals surface area contributed by atoms with Crippen LogP contribution < -0.4 is 10.1 Å². The largest absolute Gasteiger partial charge is 0.493 e. The highest BCUT2D eigenvalue weighted by atomic mass is 16.5. The van der Waals surface area contributed by atoms with Crippen LogP contribution in [-0.4, -0.2) is 26.4 Å². The van der Waals surface area contributed by atoms with E-state index in [1.165, 1.54) is 5.56 Å². The van der Waals surface area contributed by atoms with E-state index in [2.05, 4.69) is 24.4 Å². The molecule has 1 N–H and O–H groups in total. The van der Waals surface area contributed by atoms with E-state index in [-0.39, 0.29) is 0 Å². The summed E-state index contributed by atoms with van der Waals surface area (Å²) in [5.74, 6) is 1.03. The Hall–Kier alpha value is -1.22. The minimum Gasteiger partial charge on any atom is -0.493 e. The van der Waals surface area contributed by atoms with E-state index in [0.717, 1.165) is 24.5 Å². The first kappa shape index (κ1) is 10.3. The molecule has 0 amide bonds. The first-order valence-electron chi connectivity index (χ1n) is 5.31. The van der Waals surface area contributed by atoms with Gasteiger partial charge >= 0.3 is 0 Å². The van der Waals surface area contributed by atoms with E-state index in [9.17, 15) is 0 Å². The van der Waals surface area contributed by atoms with Gasteiger partial charge in [0.05, 0.1) is 13.2 Å². The normalized spacial score (nSPS) is 15.6. The number of hydrogen-bond donors (Lipinski definition) is 1. The highest BCUT2D eigenvalue weighted by Gasteiger charge is 2.12. The molecule has 1 unspecified atom stereocenters. The SMILES string of the molecule is COCC(C)Nc1ccc2c(c1)CCO2. The van der Waals surface area contributed by atoms with Crippen LogP contribution in [0.1, 0.15) is 12.5 Å². The maximum absolute atomic E-state index is 5.45. The molecular weight excluding hydrogens is 190 g/mol. The van der Waals surface area contributed by atoms with E-state index in [1.54, 1.807) is 7.11 Å². The summed E-state index contributed by atoms with van der Waals surface area (Å²) < 4.78 is 10.5. The minimum absolute atomic E-state index is 0.329. The van der Waals surface area contributed by atoms with E-state index in [1.807, 2.05) is 6.07 Å². The zero-order chi connectivity index (χ0) is 10.7. The molecule has 1 aromatic carbocycles. The number of benzene rings is 1. The minimum atomic E-state index is 0.329. The Morgan fingerprint density at radius 3 is 3.20 bits per heavy atom. The number of nitrogens with one attached hydrogen (secondary N) is 1. The third kappa shape index (κ3) is 2.42. The molecule has 0 aliphatic carbocycles. The first-order valence-corrected chi connectivity index (χ1v) is 5.31. The van der Waals surface area contributed by atoms with Crippen LogP contribution >= 0.6 is 0 Å². The average Bonchev–Trinajstić information content (AvgIpc) is 2.65. The van der Waals surface area contributed by atoms with Crippen molar-refractivity contribution in [3.8, 4) is 5.75 Å². The summed E-state index contributed by atoms with van der Waals surface area (Å²) in [7, 11) is 1.72. The van der Waals surface area contributed by atoms with Crippen LogP contribution in [0.2, 0.25) is 0 Å². The maximum atomic E-state index is 5.45. The fraction of sp³-hybridized carbons (Fsp3) is 0.500. The molecule has 0 radical (unpaired) electrons. The van der Waals surface area contributed by atoms with Gasteiger partial charge in [-0.25, -0.2) is 0 Å². The molecule has 2 rings (SSSR count). The van der Waals surface area contributed by atoms with E-state index in [4.69, 9.17) is 9.47 Å². The third-order valence-corrected chi connectivity index (χ3v) is 2.52. The lowest BCUT2D eigenvalue weighted by Gasteiger charge is -2.14. The molecule has 0 fully saturated rings. The van der Waals surface area contributed by atoms with E-state index >= 15 is 0 Å². The van der Waals surface area contributed by atoms with Crippen LogP contribution in [0, 0.1) is 0 Å². The molecule has 3 nitrogen and oxygen atoms in total. The van der Waals surface area contributed by atoms with Crippen molar-refractivity contribution in [1.29, 1.82) is 0 Å². The number of methoxy groups -OCH3 is 1. The van der Waals surface area contributed by atoms with Crippen LogP contribution in [0.5, 0.6) is 5.75 Å². The molecule has 1 aromatic rings. The molecule has 0 saturated heterocycles. The van der Waals surface area contributed by atoms with Crippen LogP contribution in [-0.2, 0) is 11.2 Å². The Morgan fingerprint density at radius 2 is 2.40 bits per heavy atom. The van der Waals surface area contributed by atoms with Gasteiger partial charge in [-0.05, 0) is 30.7 Å². The van der Waals surface area contributed by atoms with E-state index < -0.39 is 0 Å². The van der Waals surface area contributed by atoms with Crippen molar-refractivity contribution < 1.29 is 9.47 Å². The van der Waals surface area contributed by atoms with Crippen molar-refractivity contribution in [1.82, 2.24) is 0 Å². The number of anilines is 1.